The lowest BCUT2D eigenvalue weighted by atomic mass is 10.1. The molecule has 0 aliphatic rings. The maximum atomic E-state index is 4.67. The number of hydrogen-bond donors (Lipinski definition) is 1. The van der Waals surface area contributed by atoms with Crippen LogP contribution in [0.25, 0.3) is 0 Å². The molecule has 0 fully saturated rings. The highest BCUT2D eigenvalue weighted by molar-refractivity contribution is 7.99. The average molecular weight is 295 g/mol. The third kappa shape index (κ3) is 5.80. The molecule has 1 atom stereocenters. The molecular weight excluding hydrogens is 266 g/mol. The molecule has 0 spiro atoms. The van der Waals surface area contributed by atoms with Crippen molar-refractivity contribution in [1.82, 2.24) is 15.3 Å². The molecule has 3 nitrogen and oxygen atoms in total. The molecule has 0 bridgehead atoms. The van der Waals surface area contributed by atoms with Gasteiger partial charge >= 0.3 is 0 Å². The van der Waals surface area contributed by atoms with Crippen LogP contribution in [0.1, 0.15) is 56.9 Å². The molecule has 0 amide bonds. The second kappa shape index (κ2) is 8.63. The van der Waals surface area contributed by atoms with E-state index in [4.69, 9.17) is 0 Å². The van der Waals surface area contributed by atoms with Crippen molar-refractivity contribution in [2.45, 2.75) is 65.5 Å². The van der Waals surface area contributed by atoms with Crippen molar-refractivity contribution in [1.29, 1.82) is 0 Å². The normalized spacial score (nSPS) is 12.9. The standard InChI is InChI=1S/C16H29N3S/c1-7-12(4)20-10-16-18-13(5)15(14(6)19-16)9-17-8-11(2)3/h11-12,17H,7-10H2,1-6H3. The number of aromatic nitrogens is 2. The van der Waals surface area contributed by atoms with Gasteiger partial charge in [-0.2, -0.15) is 11.8 Å². The van der Waals surface area contributed by atoms with Gasteiger partial charge in [0.25, 0.3) is 0 Å². The number of aryl methyl sites for hydroxylation is 2. The number of hydrogen-bond acceptors (Lipinski definition) is 4. The Morgan fingerprint density at radius 3 is 2.20 bits per heavy atom. The van der Waals surface area contributed by atoms with Crippen LogP contribution in [0.5, 0.6) is 0 Å². The van der Waals surface area contributed by atoms with Crippen molar-refractivity contribution < 1.29 is 0 Å². The van der Waals surface area contributed by atoms with E-state index in [0.29, 0.717) is 11.2 Å². The Balaban J connectivity index is 2.66. The minimum atomic E-state index is 0.669. The van der Waals surface area contributed by atoms with E-state index in [2.05, 4.69) is 56.8 Å². The summed E-state index contributed by atoms with van der Waals surface area (Å²) in [6.07, 6.45) is 1.19. The van der Waals surface area contributed by atoms with Crippen molar-refractivity contribution in [3.63, 3.8) is 0 Å². The van der Waals surface area contributed by atoms with Crippen LogP contribution in [-0.2, 0) is 12.3 Å². The third-order valence-corrected chi connectivity index (χ3v) is 4.72. The van der Waals surface area contributed by atoms with Gasteiger partial charge < -0.3 is 5.32 Å². The molecule has 1 heterocycles. The first-order valence-electron chi connectivity index (χ1n) is 7.59. The van der Waals surface area contributed by atoms with E-state index >= 15 is 0 Å². The van der Waals surface area contributed by atoms with Gasteiger partial charge in [0.15, 0.2) is 0 Å². The Kier molecular flexibility index (Phi) is 7.52. The number of thioether (sulfide) groups is 1. The Morgan fingerprint density at radius 2 is 1.70 bits per heavy atom. The highest BCUT2D eigenvalue weighted by Gasteiger charge is 2.09. The lowest BCUT2D eigenvalue weighted by Crippen LogP contribution is -2.21. The summed E-state index contributed by atoms with van der Waals surface area (Å²) in [7, 11) is 0. The van der Waals surface area contributed by atoms with Gasteiger partial charge in [-0.3, -0.25) is 0 Å². The summed E-state index contributed by atoms with van der Waals surface area (Å²) in [5.41, 5.74) is 3.49. The van der Waals surface area contributed by atoms with Gasteiger partial charge in [-0.1, -0.05) is 27.7 Å². The fraction of sp³-hybridized carbons (Fsp3) is 0.750. The zero-order valence-corrected chi connectivity index (χ0v) is 14.6. The van der Waals surface area contributed by atoms with Crippen molar-refractivity contribution >= 4 is 11.8 Å². The van der Waals surface area contributed by atoms with E-state index in [9.17, 15) is 0 Å². The third-order valence-electron chi connectivity index (χ3n) is 3.39. The van der Waals surface area contributed by atoms with Crippen LogP contribution < -0.4 is 5.32 Å². The van der Waals surface area contributed by atoms with Crippen molar-refractivity contribution in [3.05, 3.63) is 22.8 Å². The summed E-state index contributed by atoms with van der Waals surface area (Å²) >= 11 is 1.93. The zero-order chi connectivity index (χ0) is 15.1. The minimum absolute atomic E-state index is 0.669. The molecule has 0 aromatic carbocycles. The van der Waals surface area contributed by atoms with Crippen molar-refractivity contribution in [2.75, 3.05) is 6.54 Å². The van der Waals surface area contributed by atoms with Gasteiger partial charge in [0, 0.05) is 28.7 Å². The molecule has 0 saturated carbocycles. The summed E-state index contributed by atoms with van der Waals surface area (Å²) in [6.45, 7) is 15.0. The molecule has 4 heteroatoms. The quantitative estimate of drug-likeness (QED) is 0.790. The molecule has 0 radical (unpaired) electrons. The summed E-state index contributed by atoms with van der Waals surface area (Å²) < 4.78 is 0. The van der Waals surface area contributed by atoms with Crippen LogP contribution in [0, 0.1) is 19.8 Å². The van der Waals surface area contributed by atoms with Gasteiger partial charge in [-0.05, 0) is 32.7 Å². The van der Waals surface area contributed by atoms with Crippen molar-refractivity contribution in [3.8, 4) is 0 Å². The van der Waals surface area contributed by atoms with Gasteiger partial charge in [0.05, 0.1) is 5.75 Å². The molecule has 0 aliphatic carbocycles. The van der Waals surface area contributed by atoms with Crippen LogP contribution in [0.2, 0.25) is 0 Å². The molecule has 1 aromatic heterocycles. The predicted molar refractivity (Wildman–Crippen MR) is 89.1 cm³/mol. The zero-order valence-electron chi connectivity index (χ0n) is 13.8. The van der Waals surface area contributed by atoms with Crippen molar-refractivity contribution in [2.24, 2.45) is 5.92 Å². The average Bonchev–Trinajstić information content (AvgIpc) is 2.38. The minimum Gasteiger partial charge on any atom is -0.312 e. The largest absolute Gasteiger partial charge is 0.312 e. The second-order valence-corrected chi connectivity index (χ2v) is 7.27. The van der Waals surface area contributed by atoms with E-state index in [1.54, 1.807) is 0 Å². The fourth-order valence-electron chi connectivity index (χ4n) is 1.95. The van der Waals surface area contributed by atoms with E-state index in [1.807, 2.05) is 11.8 Å². The van der Waals surface area contributed by atoms with E-state index in [-0.39, 0.29) is 0 Å². The monoisotopic (exact) mass is 295 g/mol. The molecule has 0 saturated heterocycles. The van der Waals surface area contributed by atoms with Gasteiger partial charge in [-0.25, -0.2) is 9.97 Å². The maximum absolute atomic E-state index is 4.67. The summed E-state index contributed by atoms with van der Waals surface area (Å²) in [4.78, 5) is 9.33. The van der Waals surface area contributed by atoms with E-state index in [0.717, 1.165) is 36.1 Å². The number of nitrogens with zero attached hydrogens (tertiary/aromatic N) is 2. The van der Waals surface area contributed by atoms with Crippen LogP contribution in [0.15, 0.2) is 0 Å². The Hall–Kier alpha value is -0.610. The molecule has 1 unspecified atom stereocenters. The molecule has 20 heavy (non-hydrogen) atoms. The SMILES string of the molecule is CCC(C)SCc1nc(C)c(CNCC(C)C)c(C)n1. The predicted octanol–water partition coefficient (Wildman–Crippen LogP) is 3.87. The number of nitrogens with one attached hydrogen (secondary N) is 1. The highest BCUT2D eigenvalue weighted by atomic mass is 32.2. The summed E-state index contributed by atoms with van der Waals surface area (Å²) in [5.74, 6) is 2.55. The second-order valence-electron chi connectivity index (χ2n) is 5.84. The summed E-state index contributed by atoms with van der Waals surface area (Å²) in [6, 6.07) is 0. The fourth-order valence-corrected chi connectivity index (χ4v) is 2.75. The topological polar surface area (TPSA) is 37.8 Å². The first-order valence-corrected chi connectivity index (χ1v) is 8.64. The Morgan fingerprint density at radius 1 is 1.10 bits per heavy atom. The van der Waals surface area contributed by atoms with Gasteiger partial charge in [-0.15, -0.1) is 0 Å². The summed E-state index contributed by atoms with van der Waals surface area (Å²) in [5, 5.41) is 4.15. The van der Waals surface area contributed by atoms with Crippen LogP contribution in [0.3, 0.4) is 0 Å². The van der Waals surface area contributed by atoms with Gasteiger partial charge in [0.2, 0.25) is 0 Å². The Labute approximate surface area is 128 Å². The molecular formula is C16H29N3S. The molecule has 1 N–H and O–H groups in total. The Bertz CT molecular complexity index is 395. The van der Waals surface area contributed by atoms with E-state index < -0.39 is 0 Å². The first kappa shape index (κ1) is 17.4. The first-order chi connectivity index (χ1) is 9.43. The smallest absolute Gasteiger partial charge is 0.138 e. The van der Waals surface area contributed by atoms with Crippen LogP contribution in [0.4, 0.5) is 0 Å². The van der Waals surface area contributed by atoms with Gasteiger partial charge in [0.1, 0.15) is 5.82 Å². The molecule has 1 aromatic rings. The highest BCUT2D eigenvalue weighted by Crippen LogP contribution is 2.19. The maximum Gasteiger partial charge on any atom is 0.138 e. The van der Waals surface area contributed by atoms with E-state index in [1.165, 1.54) is 12.0 Å². The molecule has 0 aliphatic heterocycles. The number of rotatable bonds is 8. The molecule has 1 rings (SSSR count). The lowest BCUT2D eigenvalue weighted by molar-refractivity contribution is 0.548. The van der Waals surface area contributed by atoms with Crippen LogP contribution >= 0.6 is 11.8 Å². The molecule has 114 valence electrons. The lowest BCUT2D eigenvalue weighted by Gasteiger charge is -2.13. The van der Waals surface area contributed by atoms with Crippen LogP contribution in [-0.4, -0.2) is 21.8 Å².